The molecule has 1 aliphatic heterocycles. The number of para-hydroxylation sites is 3. The molecule has 3 nitrogen and oxygen atoms in total. The van der Waals surface area contributed by atoms with Crippen molar-refractivity contribution in [1.82, 2.24) is 9.97 Å². The Morgan fingerprint density at radius 1 is 0.667 bits per heavy atom. The fraction of sp³-hybridized carbons (Fsp3) is 0. The molecule has 0 amide bonds. The van der Waals surface area contributed by atoms with E-state index in [2.05, 4.69) is 76.0 Å². The lowest BCUT2D eigenvalue weighted by Crippen LogP contribution is -1.98. The fourth-order valence-electron chi connectivity index (χ4n) is 3.85. The summed E-state index contributed by atoms with van der Waals surface area (Å²) in [5.41, 5.74) is 6.83. The minimum absolute atomic E-state index is 1.02. The predicted octanol–water partition coefficient (Wildman–Crippen LogP) is 7.51. The third-order valence-corrected chi connectivity index (χ3v) is 5.49. The van der Waals surface area contributed by atoms with Gasteiger partial charge in [-0.05, 0) is 47.5 Å². The third-order valence-electron chi connectivity index (χ3n) is 5.49. The lowest BCUT2D eigenvalue weighted by atomic mass is 10.0. The summed E-state index contributed by atoms with van der Waals surface area (Å²) in [6.45, 7) is 0. The van der Waals surface area contributed by atoms with E-state index in [0.29, 0.717) is 0 Å². The number of hydrogen-bond donors (Lipinski definition) is 1. The Bertz CT molecular complexity index is 1420. The molecule has 0 unspecified atom stereocenters. The molecule has 3 aromatic carbocycles. The average molecular weight is 426 g/mol. The van der Waals surface area contributed by atoms with Crippen molar-refractivity contribution in [3.05, 3.63) is 139 Å². The molecule has 0 fully saturated rings. The van der Waals surface area contributed by atoms with E-state index in [0.717, 1.165) is 16.7 Å². The molecule has 33 heavy (non-hydrogen) atoms. The van der Waals surface area contributed by atoms with E-state index >= 15 is 0 Å². The van der Waals surface area contributed by atoms with Crippen LogP contribution in [0.25, 0.3) is 33.5 Å². The molecule has 0 bridgehead atoms. The Labute approximate surface area is 193 Å². The highest BCUT2D eigenvalue weighted by molar-refractivity contribution is 5.89. The molecule has 0 aliphatic carbocycles. The van der Waals surface area contributed by atoms with Gasteiger partial charge in [-0.3, -0.25) is 9.97 Å². The van der Waals surface area contributed by atoms with Crippen LogP contribution in [0.3, 0.4) is 0 Å². The molecular formula is C30H23N3. The molecule has 0 saturated carbocycles. The zero-order valence-electron chi connectivity index (χ0n) is 18.1. The third kappa shape index (κ3) is 4.73. The summed E-state index contributed by atoms with van der Waals surface area (Å²) in [5.74, 6) is 0. The number of anilines is 1. The Kier molecular flexibility index (Phi) is 6.03. The molecule has 0 radical (unpaired) electrons. The van der Waals surface area contributed by atoms with E-state index in [9.17, 15) is 0 Å². The average Bonchev–Trinajstić information content (AvgIpc) is 2.89. The van der Waals surface area contributed by atoms with E-state index in [1.54, 1.807) is 0 Å². The molecular weight excluding hydrogens is 402 g/mol. The van der Waals surface area contributed by atoms with E-state index in [4.69, 9.17) is 0 Å². The van der Waals surface area contributed by atoms with E-state index in [1.807, 2.05) is 73.2 Å². The number of fused-ring (bicyclic) bond motifs is 3. The molecule has 0 spiro atoms. The maximum atomic E-state index is 4.40. The van der Waals surface area contributed by atoms with Gasteiger partial charge in [0.15, 0.2) is 0 Å². The first-order valence-electron chi connectivity index (χ1n) is 10.9. The SMILES string of the molecule is C(=Cc1ccnc2ccccc12)C=C1C=CNc2ccccc21.c1ccc2ncccc2c1. The van der Waals surface area contributed by atoms with Crippen LogP contribution in [0, 0.1) is 0 Å². The first-order valence-corrected chi connectivity index (χ1v) is 10.9. The molecule has 0 saturated heterocycles. The number of pyridine rings is 2. The molecule has 6 rings (SSSR count). The van der Waals surface area contributed by atoms with Crippen molar-refractivity contribution in [3.63, 3.8) is 0 Å². The van der Waals surface area contributed by atoms with Gasteiger partial charge in [-0.15, -0.1) is 0 Å². The molecule has 158 valence electrons. The quantitative estimate of drug-likeness (QED) is 0.318. The lowest BCUT2D eigenvalue weighted by molar-refractivity contribution is 1.41. The lowest BCUT2D eigenvalue weighted by Gasteiger charge is -2.14. The summed E-state index contributed by atoms with van der Waals surface area (Å²) < 4.78 is 0. The second-order valence-electron chi connectivity index (χ2n) is 7.62. The minimum Gasteiger partial charge on any atom is -0.361 e. The normalized spacial score (nSPS) is 13.5. The van der Waals surface area contributed by atoms with Crippen molar-refractivity contribution in [3.8, 4) is 0 Å². The van der Waals surface area contributed by atoms with Gasteiger partial charge in [-0.1, -0.05) is 78.9 Å². The molecule has 3 heteroatoms. The van der Waals surface area contributed by atoms with Crippen LogP contribution in [0.2, 0.25) is 0 Å². The van der Waals surface area contributed by atoms with Crippen molar-refractivity contribution < 1.29 is 0 Å². The molecule has 1 aliphatic rings. The van der Waals surface area contributed by atoms with Crippen LogP contribution < -0.4 is 5.32 Å². The predicted molar refractivity (Wildman–Crippen MR) is 140 cm³/mol. The number of hydrogen-bond acceptors (Lipinski definition) is 3. The van der Waals surface area contributed by atoms with E-state index in [-0.39, 0.29) is 0 Å². The van der Waals surface area contributed by atoms with Gasteiger partial charge in [0.2, 0.25) is 0 Å². The fourth-order valence-corrected chi connectivity index (χ4v) is 3.85. The number of nitrogens with zero attached hydrogens (tertiary/aromatic N) is 2. The summed E-state index contributed by atoms with van der Waals surface area (Å²) in [5, 5.41) is 5.64. The van der Waals surface area contributed by atoms with Crippen molar-refractivity contribution in [2.45, 2.75) is 0 Å². The summed E-state index contributed by atoms with van der Waals surface area (Å²) >= 11 is 0. The van der Waals surface area contributed by atoms with Gasteiger partial charge in [0, 0.05) is 40.6 Å². The maximum absolute atomic E-state index is 4.40. The van der Waals surface area contributed by atoms with Crippen molar-refractivity contribution in [1.29, 1.82) is 0 Å². The van der Waals surface area contributed by atoms with Crippen molar-refractivity contribution >= 4 is 39.1 Å². The summed E-state index contributed by atoms with van der Waals surface area (Å²) in [6, 6.07) is 30.7. The van der Waals surface area contributed by atoms with Crippen molar-refractivity contribution in [2.24, 2.45) is 0 Å². The first kappa shape index (κ1) is 20.4. The van der Waals surface area contributed by atoms with E-state index < -0.39 is 0 Å². The number of nitrogens with one attached hydrogen (secondary N) is 1. The van der Waals surface area contributed by atoms with Crippen LogP contribution in [0.4, 0.5) is 5.69 Å². The van der Waals surface area contributed by atoms with Crippen molar-refractivity contribution in [2.75, 3.05) is 5.32 Å². The van der Waals surface area contributed by atoms with Gasteiger partial charge in [0.05, 0.1) is 11.0 Å². The van der Waals surface area contributed by atoms with Crippen LogP contribution in [0.15, 0.2) is 128 Å². The summed E-state index contributed by atoms with van der Waals surface area (Å²) in [6.07, 6.45) is 14.1. The second-order valence-corrected chi connectivity index (χ2v) is 7.62. The number of aromatic nitrogens is 2. The Morgan fingerprint density at radius 3 is 2.36 bits per heavy atom. The number of benzene rings is 3. The highest BCUT2D eigenvalue weighted by Gasteiger charge is 2.07. The van der Waals surface area contributed by atoms with Crippen LogP contribution in [0.5, 0.6) is 0 Å². The van der Waals surface area contributed by atoms with Gasteiger partial charge in [-0.2, -0.15) is 0 Å². The zero-order valence-corrected chi connectivity index (χ0v) is 18.1. The second kappa shape index (κ2) is 9.75. The standard InChI is InChI=1S/C21H16N2.C9H7N/c1-3-10-20-18(8-1)16(12-14-22-20)6-5-7-17-13-15-23-21-11-4-2-9-19(17)21;1-2-6-9-8(4-1)5-3-7-10-9/h1-15,22H;1-7H. The Balaban J connectivity index is 0.000000190. The topological polar surface area (TPSA) is 37.8 Å². The smallest absolute Gasteiger partial charge is 0.0707 e. The van der Waals surface area contributed by atoms with Gasteiger partial charge in [-0.25, -0.2) is 0 Å². The van der Waals surface area contributed by atoms with Gasteiger partial charge in [0.1, 0.15) is 0 Å². The Hall–Kier alpha value is -4.50. The van der Waals surface area contributed by atoms with Crippen LogP contribution in [-0.4, -0.2) is 9.97 Å². The molecule has 0 atom stereocenters. The van der Waals surface area contributed by atoms with Gasteiger partial charge in [0.25, 0.3) is 0 Å². The largest absolute Gasteiger partial charge is 0.361 e. The van der Waals surface area contributed by atoms with Gasteiger partial charge < -0.3 is 5.32 Å². The number of rotatable bonds is 2. The molecule has 1 N–H and O–H groups in total. The summed E-state index contributed by atoms with van der Waals surface area (Å²) in [4.78, 5) is 8.58. The van der Waals surface area contributed by atoms with Crippen LogP contribution in [0.1, 0.15) is 11.1 Å². The highest BCUT2D eigenvalue weighted by atomic mass is 14.8. The molecule has 3 heterocycles. The maximum Gasteiger partial charge on any atom is 0.0707 e. The van der Waals surface area contributed by atoms with E-state index in [1.165, 1.54) is 27.5 Å². The Morgan fingerprint density at radius 2 is 1.42 bits per heavy atom. The van der Waals surface area contributed by atoms with Crippen LogP contribution in [-0.2, 0) is 0 Å². The summed E-state index contributed by atoms with van der Waals surface area (Å²) in [7, 11) is 0. The first-order chi connectivity index (χ1) is 16.4. The zero-order chi connectivity index (χ0) is 22.3. The minimum atomic E-state index is 1.02. The molecule has 2 aromatic heterocycles. The highest BCUT2D eigenvalue weighted by Crippen LogP contribution is 2.28. The van der Waals surface area contributed by atoms with Gasteiger partial charge >= 0.3 is 0 Å². The van der Waals surface area contributed by atoms with Crippen LogP contribution >= 0.6 is 0 Å². The number of allylic oxidation sites excluding steroid dienone is 4. The molecule has 5 aromatic rings. The monoisotopic (exact) mass is 425 g/mol.